The van der Waals surface area contributed by atoms with Crippen LogP contribution in [0.1, 0.15) is 27.2 Å². The fourth-order valence-electron chi connectivity index (χ4n) is 1.52. The Labute approximate surface area is 116 Å². The Hall–Kier alpha value is -0.0831. The van der Waals surface area contributed by atoms with E-state index in [0.717, 1.165) is 0 Å². The smallest absolute Gasteiger partial charge is 0.465 e. The fourth-order valence-corrected chi connectivity index (χ4v) is 4.19. The molecule has 0 radical (unpaired) electrons. The van der Waals surface area contributed by atoms with Crippen LogP contribution < -0.4 is 0 Å². The van der Waals surface area contributed by atoms with Crippen molar-refractivity contribution in [2.45, 2.75) is 33.2 Å². The van der Waals surface area contributed by atoms with E-state index in [-0.39, 0.29) is 11.7 Å². The van der Waals surface area contributed by atoms with E-state index in [1.807, 2.05) is 20.8 Å². The summed E-state index contributed by atoms with van der Waals surface area (Å²) in [6, 6.07) is 0.655. The van der Waals surface area contributed by atoms with Crippen molar-refractivity contribution in [2.75, 3.05) is 32.2 Å². The van der Waals surface area contributed by atoms with Gasteiger partial charge in [-0.3, -0.25) is 4.79 Å². The molecule has 0 fully saturated rings. The van der Waals surface area contributed by atoms with Gasteiger partial charge in [-0.05, 0) is 27.2 Å². The third-order valence-electron chi connectivity index (χ3n) is 2.11. The van der Waals surface area contributed by atoms with Crippen LogP contribution in [-0.2, 0) is 22.8 Å². The molecular formula is C11H24O5SSi. The second kappa shape index (κ2) is 10.8. The van der Waals surface area contributed by atoms with Gasteiger partial charge < -0.3 is 18.0 Å². The maximum Gasteiger partial charge on any atom is 0.501 e. The van der Waals surface area contributed by atoms with Gasteiger partial charge >= 0.3 is 14.8 Å². The highest BCUT2D eigenvalue weighted by molar-refractivity contribution is 7.81. The van der Waals surface area contributed by atoms with Gasteiger partial charge in [-0.15, -0.1) is 0 Å². The number of esters is 1. The summed E-state index contributed by atoms with van der Waals surface area (Å²) >= 11 is 3.84. The van der Waals surface area contributed by atoms with E-state index in [4.69, 9.17) is 18.0 Å². The first kappa shape index (κ1) is 17.9. The number of carbonyl (C=O) groups excluding carboxylic acids is 1. The molecule has 0 unspecified atom stereocenters. The second-order valence-corrected chi connectivity index (χ2v) is 6.51. The summed E-state index contributed by atoms with van der Waals surface area (Å²) in [4.78, 5) is 10.9. The van der Waals surface area contributed by atoms with Gasteiger partial charge in [0.2, 0.25) is 0 Å². The van der Waals surface area contributed by atoms with E-state index in [0.29, 0.717) is 38.9 Å². The summed E-state index contributed by atoms with van der Waals surface area (Å²) in [5, 5.41) is 0. The average molecular weight is 296 g/mol. The van der Waals surface area contributed by atoms with Crippen molar-refractivity contribution in [1.82, 2.24) is 0 Å². The zero-order valence-corrected chi connectivity index (χ0v) is 13.3. The lowest BCUT2D eigenvalue weighted by molar-refractivity contribution is -0.140. The molecule has 0 rings (SSSR count). The maximum atomic E-state index is 10.9. The Kier molecular flexibility index (Phi) is 10.8. The van der Waals surface area contributed by atoms with Crippen molar-refractivity contribution in [2.24, 2.45) is 0 Å². The maximum absolute atomic E-state index is 10.9. The van der Waals surface area contributed by atoms with E-state index in [1.54, 1.807) is 0 Å². The van der Waals surface area contributed by atoms with E-state index >= 15 is 0 Å². The Morgan fingerprint density at radius 2 is 1.56 bits per heavy atom. The number of carbonyl (C=O) groups is 1. The van der Waals surface area contributed by atoms with Gasteiger partial charge in [0.25, 0.3) is 0 Å². The van der Waals surface area contributed by atoms with Crippen molar-refractivity contribution < 1.29 is 22.8 Å². The lowest BCUT2D eigenvalue weighted by Crippen LogP contribution is -2.46. The van der Waals surface area contributed by atoms with Crippen LogP contribution in [0.15, 0.2) is 0 Å². The van der Waals surface area contributed by atoms with Gasteiger partial charge in [0.1, 0.15) is 0 Å². The number of thiol groups is 1. The normalized spacial score (nSPS) is 11.6. The molecule has 0 spiro atoms. The largest absolute Gasteiger partial charge is 0.501 e. The van der Waals surface area contributed by atoms with Gasteiger partial charge in [0.05, 0.1) is 12.4 Å². The van der Waals surface area contributed by atoms with Gasteiger partial charge in [0, 0.05) is 25.9 Å². The van der Waals surface area contributed by atoms with Crippen LogP contribution in [0, 0.1) is 0 Å². The Bertz CT molecular complexity index is 210. The number of hydrogen-bond acceptors (Lipinski definition) is 6. The van der Waals surface area contributed by atoms with Gasteiger partial charge in [0.15, 0.2) is 0 Å². The van der Waals surface area contributed by atoms with Crippen molar-refractivity contribution in [3.8, 4) is 0 Å². The molecule has 108 valence electrons. The number of hydrogen-bond donors (Lipinski definition) is 1. The predicted molar refractivity (Wildman–Crippen MR) is 74.9 cm³/mol. The minimum atomic E-state index is -2.59. The minimum Gasteiger partial charge on any atom is -0.465 e. The van der Waals surface area contributed by atoms with Gasteiger partial charge in [-0.1, -0.05) is 0 Å². The molecule has 0 saturated carbocycles. The summed E-state index contributed by atoms with van der Waals surface area (Å²) in [5.74, 6) is -0.208. The molecule has 0 aliphatic carbocycles. The van der Waals surface area contributed by atoms with Crippen LogP contribution in [0.2, 0.25) is 6.04 Å². The summed E-state index contributed by atoms with van der Waals surface area (Å²) in [6.45, 7) is 7.78. The van der Waals surface area contributed by atoms with Gasteiger partial charge in [-0.2, -0.15) is 12.6 Å². The third kappa shape index (κ3) is 7.37. The van der Waals surface area contributed by atoms with Crippen molar-refractivity contribution in [1.29, 1.82) is 0 Å². The molecule has 7 heteroatoms. The van der Waals surface area contributed by atoms with E-state index in [9.17, 15) is 4.79 Å². The Morgan fingerprint density at radius 1 is 1.06 bits per heavy atom. The summed E-state index contributed by atoms with van der Waals surface area (Å²) in [6.07, 6.45) is 0.672. The number of ether oxygens (including phenoxy) is 1. The van der Waals surface area contributed by atoms with E-state index in [1.165, 1.54) is 0 Å². The fraction of sp³-hybridized carbons (Fsp3) is 0.909. The highest BCUT2D eigenvalue weighted by Crippen LogP contribution is 2.18. The zero-order chi connectivity index (χ0) is 13.9. The Balaban J connectivity index is 4.16. The molecule has 0 atom stereocenters. The molecule has 0 N–H and O–H groups in total. The topological polar surface area (TPSA) is 54.0 Å². The summed E-state index contributed by atoms with van der Waals surface area (Å²) in [7, 11) is -2.59. The van der Waals surface area contributed by atoms with Crippen molar-refractivity contribution >= 4 is 27.4 Å². The number of rotatable bonds is 11. The predicted octanol–water partition coefficient (Wildman–Crippen LogP) is 1.90. The molecule has 0 aliphatic heterocycles. The Morgan fingerprint density at radius 3 is 1.94 bits per heavy atom. The molecule has 0 aliphatic rings. The van der Waals surface area contributed by atoms with Crippen LogP contribution >= 0.6 is 12.6 Å². The molecule has 0 bridgehead atoms. The van der Waals surface area contributed by atoms with Crippen LogP contribution in [-0.4, -0.2) is 47.0 Å². The standard InChI is InChI=1S/C11H24O5SSi/c1-4-14-18(15-5-2,16-6-3)9-7-8-13-11(12)10-17/h17H,4-10H2,1-3H3. The molecule has 0 saturated heterocycles. The first-order valence-electron chi connectivity index (χ1n) is 6.32. The molecule has 0 amide bonds. The molecular weight excluding hydrogens is 272 g/mol. The zero-order valence-electron chi connectivity index (χ0n) is 11.4. The second-order valence-electron chi connectivity index (χ2n) is 3.46. The molecule has 18 heavy (non-hydrogen) atoms. The van der Waals surface area contributed by atoms with Crippen molar-refractivity contribution in [3.63, 3.8) is 0 Å². The highest BCUT2D eigenvalue weighted by Gasteiger charge is 2.39. The minimum absolute atomic E-state index is 0.102. The molecule has 0 aromatic carbocycles. The van der Waals surface area contributed by atoms with Crippen LogP contribution in [0.3, 0.4) is 0 Å². The highest BCUT2D eigenvalue weighted by atomic mass is 32.1. The lowest BCUT2D eigenvalue weighted by atomic mass is 10.5. The van der Waals surface area contributed by atoms with Crippen LogP contribution in [0.4, 0.5) is 0 Å². The third-order valence-corrected chi connectivity index (χ3v) is 5.52. The quantitative estimate of drug-likeness (QED) is 0.273. The van der Waals surface area contributed by atoms with Crippen LogP contribution in [0.25, 0.3) is 0 Å². The summed E-state index contributed by atoms with van der Waals surface area (Å²) < 4.78 is 22.0. The van der Waals surface area contributed by atoms with E-state index in [2.05, 4.69) is 12.6 Å². The van der Waals surface area contributed by atoms with E-state index < -0.39 is 8.80 Å². The average Bonchev–Trinajstić information content (AvgIpc) is 2.35. The lowest BCUT2D eigenvalue weighted by Gasteiger charge is -2.28. The molecule has 0 aromatic rings. The molecule has 0 aromatic heterocycles. The first-order valence-corrected chi connectivity index (χ1v) is 8.88. The van der Waals surface area contributed by atoms with Gasteiger partial charge in [-0.25, -0.2) is 0 Å². The SMILES string of the molecule is CCO[Si](CCCOC(=O)CS)(OCC)OCC. The molecule has 5 nitrogen and oxygen atoms in total. The molecule has 0 heterocycles. The monoisotopic (exact) mass is 296 g/mol. The van der Waals surface area contributed by atoms with Crippen LogP contribution in [0.5, 0.6) is 0 Å². The summed E-state index contributed by atoms with van der Waals surface area (Å²) in [5.41, 5.74) is 0. The van der Waals surface area contributed by atoms with Crippen molar-refractivity contribution in [3.05, 3.63) is 0 Å². The first-order chi connectivity index (χ1) is 8.64.